The Hall–Kier alpha value is -12.2. The second kappa shape index (κ2) is 43.7. The number of carboxylic acid groups (broad SMARTS) is 2. The number of pyridine rings is 1. The summed E-state index contributed by atoms with van der Waals surface area (Å²) in [6.07, 6.45) is 20.2. The average molecular weight is 1830 g/mol. The second-order valence-corrected chi connectivity index (χ2v) is 31.8. The lowest BCUT2D eigenvalue weighted by atomic mass is 9.90. The number of esters is 3. The second-order valence-electron chi connectivity index (χ2n) is 28.3. The number of halogens is 7. The van der Waals surface area contributed by atoms with Gasteiger partial charge in [-0.1, -0.05) is 184 Å². The molecule has 2 aliphatic heterocycles. The summed E-state index contributed by atoms with van der Waals surface area (Å²) in [6.45, 7) is 3.02. The van der Waals surface area contributed by atoms with Gasteiger partial charge < -0.3 is 65.6 Å². The smallest absolute Gasteiger partial charge is 0.339 e. The van der Waals surface area contributed by atoms with E-state index in [9.17, 15) is 38.4 Å². The molecule has 23 nitrogen and oxygen atoms in total. The summed E-state index contributed by atoms with van der Waals surface area (Å²) in [5.74, 6) is -2.46. The quantitative estimate of drug-likeness (QED) is 0.0230. The van der Waals surface area contributed by atoms with Gasteiger partial charge >= 0.3 is 29.8 Å². The molecule has 0 aliphatic carbocycles. The molecule has 0 saturated carbocycles. The van der Waals surface area contributed by atoms with Gasteiger partial charge in [0, 0.05) is 101 Å². The number of nitrogen functional groups attached to an aromatic ring is 2. The van der Waals surface area contributed by atoms with Crippen molar-refractivity contribution in [2.75, 3.05) is 65.2 Å². The number of methoxy groups -OCH3 is 3. The van der Waals surface area contributed by atoms with Crippen LogP contribution in [0.2, 0.25) is 35.2 Å². The topological polar surface area (TPSA) is 344 Å². The fraction of sp³-hybridized carbons (Fsp3) is 0.172. The molecule has 638 valence electrons. The van der Waals surface area contributed by atoms with Crippen LogP contribution >= 0.6 is 93.0 Å². The predicted molar refractivity (Wildman–Crippen MR) is 493 cm³/mol. The van der Waals surface area contributed by atoms with Crippen molar-refractivity contribution in [3.8, 4) is 0 Å². The fourth-order valence-corrected chi connectivity index (χ4v) is 16.6. The molecule has 2 fully saturated rings. The lowest BCUT2D eigenvalue weighted by Crippen LogP contribution is -2.39. The Bertz CT molecular complexity index is 6350. The number of carboxylic acids is 2. The number of carbonyl (C=O) groups excluding carboxylic acids is 6. The number of amides is 2. The summed E-state index contributed by atoms with van der Waals surface area (Å²) < 4.78 is 15.3. The van der Waals surface area contributed by atoms with Crippen LogP contribution in [0.5, 0.6) is 0 Å². The minimum Gasteiger partial charge on any atom is -0.478 e. The lowest BCUT2D eigenvalue weighted by Gasteiger charge is -2.32. The molecule has 2 amide bonds. The Labute approximate surface area is 751 Å². The van der Waals surface area contributed by atoms with Crippen LogP contribution in [-0.4, -0.2) is 151 Å². The van der Waals surface area contributed by atoms with E-state index in [1.165, 1.54) is 55.4 Å². The van der Waals surface area contributed by atoms with Crippen molar-refractivity contribution in [2.24, 2.45) is 11.8 Å². The number of nitrogens with zero attached hydrogens (tertiary/aromatic N) is 4. The van der Waals surface area contributed by atoms with Crippen molar-refractivity contribution in [1.29, 1.82) is 0 Å². The number of hydrogen-bond donors (Lipinski definition) is 8. The molecule has 0 bridgehead atoms. The highest BCUT2D eigenvalue weighted by Gasteiger charge is 2.29. The van der Waals surface area contributed by atoms with E-state index in [-0.39, 0.29) is 49.6 Å². The first-order valence-corrected chi connectivity index (χ1v) is 42.4. The van der Waals surface area contributed by atoms with Crippen LogP contribution < -0.4 is 11.5 Å². The van der Waals surface area contributed by atoms with Crippen molar-refractivity contribution >= 4 is 206 Å². The van der Waals surface area contributed by atoms with Crippen molar-refractivity contribution in [3.05, 3.63) is 328 Å². The summed E-state index contributed by atoms with van der Waals surface area (Å²) in [4.78, 5) is 115. The number of anilines is 2. The standard InChI is InChI=1S/C27H24ClN3O2.C21H21ClN2O.C11H10ClNO2S.C10H8ClNO2.C9H6ClNO2.C8H8ClNO2.C7H6ClNO2/c28-24-23(27(33)30-14-10-20(11-15-30)17-19-5-2-1-3-6-19)9-8-21-12-16-31(25(21)24)26(32)22-7-4-13-29-18-22;22-19-18(7-6-17-8-11-23-20(17)19)21(25)24-12-9-16(10-13-24)14-15-4-2-1-3-5-15;1-15-11(14)7-4-3-6-8(16-2)5-13-10(6)9(7)12;1-14-10(13)7-3-2-6-4-5-12-9(6)8(7)11;10-7-6(9(12)13)2-1-5-3-4-11-8(5)7;1-12-8(11)5-3-2-4-6(10)7(5)9;8-6-4(7(10)11)2-1-3-5(6)9/h1-9,12-13,16,18,20H,10-11,14-15,17H2;1-8,11,16,23H,9-10,12-14H2;3-5,13H,1-2H3;2-5,12H,1H3;1-4,11H,(H,12,13);2-4H,10H2,1H3;1-3H,9H2,(H,10,11). The molecule has 2 aliphatic rings. The van der Waals surface area contributed by atoms with Crippen LogP contribution in [0.25, 0.3) is 54.5 Å². The van der Waals surface area contributed by atoms with Crippen LogP contribution in [0.3, 0.4) is 0 Å². The maximum Gasteiger partial charge on any atom is 0.339 e. The van der Waals surface area contributed by atoms with Crippen LogP contribution in [0.1, 0.15) is 120 Å². The summed E-state index contributed by atoms with van der Waals surface area (Å²) in [6, 6.07) is 59.1. The Morgan fingerprint density at radius 3 is 1.26 bits per heavy atom. The zero-order valence-corrected chi connectivity index (χ0v) is 73.2. The van der Waals surface area contributed by atoms with Crippen molar-refractivity contribution in [3.63, 3.8) is 0 Å². The van der Waals surface area contributed by atoms with Crippen molar-refractivity contribution in [1.82, 2.24) is 39.3 Å². The normalized spacial score (nSPS) is 12.4. The zero-order valence-electron chi connectivity index (χ0n) is 67.1. The van der Waals surface area contributed by atoms with Gasteiger partial charge in [0.1, 0.15) is 0 Å². The number of aromatic nitrogens is 6. The van der Waals surface area contributed by atoms with E-state index in [2.05, 4.69) is 93.7 Å². The molecule has 6 aromatic heterocycles. The zero-order chi connectivity index (χ0) is 88.8. The monoisotopic (exact) mass is 1820 g/mol. The molecule has 0 unspecified atom stereocenters. The summed E-state index contributed by atoms with van der Waals surface area (Å²) in [5, 5.41) is 24.3. The van der Waals surface area contributed by atoms with E-state index < -0.39 is 29.8 Å². The minimum atomic E-state index is -1.07. The molecule has 0 atom stereocenters. The highest BCUT2D eigenvalue weighted by molar-refractivity contribution is 7.98. The van der Waals surface area contributed by atoms with Gasteiger partial charge in [-0.25, -0.2) is 24.0 Å². The van der Waals surface area contributed by atoms with Crippen molar-refractivity contribution in [2.45, 2.75) is 43.4 Å². The number of ether oxygens (including phenoxy) is 3. The van der Waals surface area contributed by atoms with E-state index in [0.29, 0.717) is 95.1 Å². The Morgan fingerprint density at radius 2 is 0.815 bits per heavy atom. The van der Waals surface area contributed by atoms with Gasteiger partial charge in [-0.15, -0.1) is 11.8 Å². The third-order valence-corrected chi connectivity index (χ3v) is 24.2. The van der Waals surface area contributed by atoms with Gasteiger partial charge in [0.2, 0.25) is 0 Å². The molecule has 0 radical (unpaired) electrons. The lowest BCUT2D eigenvalue weighted by molar-refractivity contribution is 0.0592. The number of nitrogens with two attached hydrogens (primary N) is 2. The van der Waals surface area contributed by atoms with E-state index in [1.807, 2.05) is 89.1 Å². The number of carbonyl (C=O) groups is 8. The maximum absolute atomic E-state index is 13.3. The molecule has 10 N–H and O–H groups in total. The first-order valence-electron chi connectivity index (χ1n) is 38.6. The fourth-order valence-electron chi connectivity index (χ4n) is 14.0. The molecule has 8 heterocycles. The average Bonchev–Trinajstić information content (AvgIpc) is 1.58. The summed E-state index contributed by atoms with van der Waals surface area (Å²) in [7, 11) is 3.96. The SMILES string of the molecule is COC(=O)c1ccc2c(SC)c[nH]c2c1Cl.COC(=O)c1ccc2cc[nH]c2c1Cl.COC(=O)c1cccc(N)c1Cl.Nc1cccc(C(=O)O)c1Cl.O=C(O)c1ccc2cc[nH]c2c1Cl.O=C(c1ccc2cc[nH]c2c1Cl)N1CCC(Cc2ccccc2)CC1.O=C(c1ccc2ccn(C(=O)c3cccnc3)c2c1Cl)N1CCC(Cc2ccccc2)CC1. The highest BCUT2D eigenvalue weighted by atomic mass is 35.5. The van der Waals surface area contributed by atoms with Crippen LogP contribution in [0.4, 0.5) is 11.4 Å². The molecule has 17 rings (SSSR count). The van der Waals surface area contributed by atoms with Gasteiger partial charge in [0.05, 0.1) is 140 Å². The number of aromatic amines is 4. The summed E-state index contributed by atoms with van der Waals surface area (Å²) in [5.41, 5.74) is 20.5. The molecule has 15 aromatic rings. The van der Waals surface area contributed by atoms with E-state index in [4.69, 9.17) is 103 Å². The van der Waals surface area contributed by atoms with E-state index in [1.54, 1.807) is 103 Å². The number of rotatable bonds is 13. The molecule has 124 heavy (non-hydrogen) atoms. The Balaban J connectivity index is 0.000000147. The number of benzene rings is 9. The molecular formula is C93H83Cl7N10O13S. The third-order valence-electron chi connectivity index (χ3n) is 20.6. The van der Waals surface area contributed by atoms with Gasteiger partial charge in [0.25, 0.3) is 17.7 Å². The maximum atomic E-state index is 13.3. The third kappa shape index (κ3) is 22.4. The first-order chi connectivity index (χ1) is 59.7. The largest absolute Gasteiger partial charge is 0.478 e. The molecule has 0 spiro atoms. The van der Waals surface area contributed by atoms with Crippen molar-refractivity contribution < 1.29 is 62.8 Å². The van der Waals surface area contributed by atoms with E-state index in [0.717, 1.165) is 100.0 Å². The number of H-pyrrole nitrogens is 4. The molecular weight excluding hydrogens is 1750 g/mol. The Kier molecular flexibility index (Phi) is 32.6. The molecule has 31 heteroatoms. The van der Waals surface area contributed by atoms with Crippen LogP contribution in [-0.2, 0) is 27.1 Å². The highest BCUT2D eigenvalue weighted by Crippen LogP contribution is 2.37. The number of aromatic carboxylic acids is 2. The Morgan fingerprint density at radius 1 is 0.419 bits per heavy atom. The number of hydrogen-bond acceptors (Lipinski definition) is 15. The first kappa shape index (κ1) is 92.5. The molecule has 2 saturated heterocycles. The van der Waals surface area contributed by atoms with Crippen LogP contribution in [0, 0.1) is 11.8 Å². The van der Waals surface area contributed by atoms with Gasteiger partial charge in [-0.05, 0) is 159 Å². The molecule has 9 aromatic carbocycles. The number of likely N-dealkylation sites (tertiary alicyclic amines) is 2. The van der Waals surface area contributed by atoms with E-state index >= 15 is 0 Å². The number of thioether (sulfide) groups is 1. The number of fused-ring (bicyclic) bond motifs is 5. The van der Waals surface area contributed by atoms with Gasteiger partial charge in [-0.3, -0.25) is 23.9 Å². The predicted octanol–water partition coefficient (Wildman–Crippen LogP) is 22.2. The van der Waals surface area contributed by atoms with Gasteiger partial charge in [0.15, 0.2) is 0 Å². The summed E-state index contributed by atoms with van der Waals surface area (Å²) >= 11 is 44.2. The number of piperidine rings is 2. The number of nitrogens with one attached hydrogen (secondary N) is 4. The van der Waals surface area contributed by atoms with Gasteiger partial charge in [-0.2, -0.15) is 0 Å². The van der Waals surface area contributed by atoms with Crippen LogP contribution in [0.15, 0.2) is 242 Å². The minimum absolute atomic E-state index is 0.0340.